The lowest BCUT2D eigenvalue weighted by molar-refractivity contribution is -0.217. The zero-order valence-corrected chi connectivity index (χ0v) is 12.4. The van der Waals surface area contributed by atoms with Gasteiger partial charge in [0.05, 0.1) is 6.10 Å². The molecule has 0 aromatic rings. The molecule has 1 heterocycles. The molecule has 1 aliphatic heterocycles. The fourth-order valence-electron chi connectivity index (χ4n) is 4.22. The van der Waals surface area contributed by atoms with Gasteiger partial charge >= 0.3 is 5.97 Å². The molecule has 3 aliphatic rings. The number of esters is 1. The maximum atomic E-state index is 11.9. The summed E-state index contributed by atoms with van der Waals surface area (Å²) >= 11 is 0. The number of fused-ring (bicyclic) bond motifs is 2. The van der Waals surface area contributed by atoms with Gasteiger partial charge in [-0.25, -0.2) is 4.79 Å². The minimum Gasteiger partial charge on any atom is -0.426 e. The minimum atomic E-state index is -0.894. The molecule has 0 saturated heterocycles. The maximum Gasteiger partial charge on any atom is 0.336 e. The van der Waals surface area contributed by atoms with Crippen LogP contribution < -0.4 is 0 Å². The summed E-state index contributed by atoms with van der Waals surface area (Å²) in [5.74, 6) is -0.987. The van der Waals surface area contributed by atoms with E-state index in [1.54, 1.807) is 14.0 Å². The van der Waals surface area contributed by atoms with Crippen LogP contribution in [0.1, 0.15) is 39.5 Å². The van der Waals surface area contributed by atoms with Gasteiger partial charge in [0.1, 0.15) is 0 Å². The summed E-state index contributed by atoms with van der Waals surface area (Å²) in [6.45, 7) is 8.08. The van der Waals surface area contributed by atoms with Crippen molar-refractivity contribution in [2.75, 3.05) is 7.11 Å². The van der Waals surface area contributed by atoms with E-state index < -0.39 is 11.9 Å². The van der Waals surface area contributed by atoms with Crippen molar-refractivity contribution in [3.8, 4) is 0 Å². The second kappa shape index (κ2) is 4.18. The number of aliphatic hydroxyl groups is 1. The van der Waals surface area contributed by atoms with E-state index in [0.29, 0.717) is 18.4 Å². The Bertz CT molecular complexity index is 521. The van der Waals surface area contributed by atoms with Crippen molar-refractivity contribution < 1.29 is 19.4 Å². The molecule has 2 saturated carbocycles. The summed E-state index contributed by atoms with van der Waals surface area (Å²) in [6.07, 6.45) is 2.52. The molecule has 1 N–H and O–H groups in total. The Hall–Kier alpha value is -1.13. The van der Waals surface area contributed by atoms with Gasteiger partial charge in [0, 0.05) is 24.7 Å². The number of hydrogen-bond acceptors (Lipinski definition) is 4. The second-order valence-corrected chi connectivity index (χ2v) is 6.67. The zero-order valence-electron chi connectivity index (χ0n) is 12.4. The Labute approximate surface area is 119 Å². The average Bonchev–Trinajstić information content (AvgIpc) is 2.65. The van der Waals surface area contributed by atoms with E-state index in [2.05, 4.69) is 13.5 Å². The molecule has 0 amide bonds. The Kier molecular flexibility index (Phi) is 2.89. The lowest BCUT2D eigenvalue weighted by atomic mass is 9.56. The third kappa shape index (κ3) is 1.64. The van der Waals surface area contributed by atoms with Gasteiger partial charge in [0.15, 0.2) is 0 Å². The highest BCUT2D eigenvalue weighted by molar-refractivity contribution is 5.92. The van der Waals surface area contributed by atoms with Gasteiger partial charge in [-0.3, -0.25) is 0 Å². The van der Waals surface area contributed by atoms with Crippen LogP contribution in [0, 0.1) is 11.3 Å². The van der Waals surface area contributed by atoms with E-state index in [9.17, 15) is 9.90 Å². The van der Waals surface area contributed by atoms with Crippen molar-refractivity contribution >= 4 is 5.97 Å². The first-order chi connectivity index (χ1) is 9.33. The fraction of sp³-hybridized carbons (Fsp3) is 0.688. The largest absolute Gasteiger partial charge is 0.426 e. The predicted octanol–water partition coefficient (Wildman–Crippen LogP) is 2.33. The molecule has 4 heteroatoms. The lowest BCUT2D eigenvalue weighted by Crippen LogP contribution is -2.51. The molecule has 2 aliphatic carbocycles. The molecule has 2 fully saturated rings. The molecule has 0 aromatic carbocycles. The molecule has 4 atom stereocenters. The quantitative estimate of drug-likeness (QED) is 0.591. The molecule has 3 rings (SSSR count). The summed E-state index contributed by atoms with van der Waals surface area (Å²) < 4.78 is 11.2. The van der Waals surface area contributed by atoms with Crippen LogP contribution in [0.3, 0.4) is 0 Å². The van der Waals surface area contributed by atoms with Gasteiger partial charge in [-0.1, -0.05) is 13.5 Å². The van der Waals surface area contributed by atoms with Crippen LogP contribution in [0.5, 0.6) is 0 Å². The molecular formula is C16H22O4. The van der Waals surface area contributed by atoms with E-state index in [-0.39, 0.29) is 17.3 Å². The van der Waals surface area contributed by atoms with Crippen molar-refractivity contribution in [3.63, 3.8) is 0 Å². The first-order valence-corrected chi connectivity index (χ1v) is 7.18. The van der Waals surface area contributed by atoms with E-state index in [1.165, 1.54) is 0 Å². The summed E-state index contributed by atoms with van der Waals surface area (Å²) in [7, 11) is 1.60. The van der Waals surface area contributed by atoms with Crippen LogP contribution in [0.25, 0.3) is 0 Å². The van der Waals surface area contributed by atoms with Crippen molar-refractivity contribution in [2.24, 2.45) is 11.3 Å². The van der Waals surface area contributed by atoms with Gasteiger partial charge in [-0.05, 0) is 43.1 Å². The van der Waals surface area contributed by atoms with Gasteiger partial charge in [-0.2, -0.15) is 0 Å². The summed E-state index contributed by atoms with van der Waals surface area (Å²) in [5, 5.41) is 10.1. The van der Waals surface area contributed by atoms with Gasteiger partial charge < -0.3 is 14.6 Å². The number of aliphatic hydroxyl groups excluding tert-OH is 1. The van der Waals surface area contributed by atoms with E-state index in [1.807, 2.05) is 0 Å². The monoisotopic (exact) mass is 278 g/mol. The number of carbonyl (C=O) groups excluding carboxylic acids is 1. The first kappa shape index (κ1) is 13.8. The topological polar surface area (TPSA) is 55.8 Å². The number of hydrogen-bond donors (Lipinski definition) is 1. The number of rotatable bonds is 1. The molecule has 4 nitrogen and oxygen atoms in total. The third-order valence-electron chi connectivity index (χ3n) is 5.56. The highest BCUT2D eigenvalue weighted by Crippen LogP contribution is 2.59. The van der Waals surface area contributed by atoms with Crippen LogP contribution in [0.15, 0.2) is 23.3 Å². The van der Waals surface area contributed by atoms with Crippen LogP contribution >= 0.6 is 0 Å². The first-order valence-electron chi connectivity index (χ1n) is 7.18. The summed E-state index contributed by atoms with van der Waals surface area (Å²) in [5.41, 5.74) is 2.44. The molecular weight excluding hydrogens is 256 g/mol. The van der Waals surface area contributed by atoms with Gasteiger partial charge in [0.25, 0.3) is 0 Å². The zero-order chi connectivity index (χ0) is 14.7. The molecule has 4 unspecified atom stereocenters. The highest BCUT2D eigenvalue weighted by Gasteiger charge is 2.59. The SMILES string of the molecule is C=C1C(O)CCC2(C)CC3(OC)OC(=O)C(C)=C3CC12. The van der Waals surface area contributed by atoms with E-state index in [4.69, 9.17) is 9.47 Å². The van der Waals surface area contributed by atoms with Crippen LogP contribution in [-0.2, 0) is 14.3 Å². The van der Waals surface area contributed by atoms with Crippen molar-refractivity contribution in [3.05, 3.63) is 23.3 Å². The molecule has 110 valence electrons. The van der Waals surface area contributed by atoms with Crippen molar-refractivity contribution in [2.45, 2.75) is 51.4 Å². The van der Waals surface area contributed by atoms with E-state index >= 15 is 0 Å². The minimum absolute atomic E-state index is 0.0409. The summed E-state index contributed by atoms with van der Waals surface area (Å²) in [4.78, 5) is 11.9. The van der Waals surface area contributed by atoms with Crippen molar-refractivity contribution in [1.29, 1.82) is 0 Å². The standard InChI is InChI=1S/C16H22O4/c1-9-11-7-12-10(2)14(18)20-16(12,19-4)8-15(11,3)6-5-13(9)17/h11,13,17H,1,5-8H2,2-4H3. The Morgan fingerprint density at radius 2 is 2.20 bits per heavy atom. The fourth-order valence-corrected chi connectivity index (χ4v) is 4.22. The predicted molar refractivity (Wildman–Crippen MR) is 73.7 cm³/mol. The average molecular weight is 278 g/mol. The molecule has 0 radical (unpaired) electrons. The number of carbonyl (C=O) groups is 1. The normalized spacial score (nSPS) is 44.2. The summed E-state index contributed by atoms with van der Waals surface area (Å²) in [6, 6.07) is 0. The second-order valence-electron chi connectivity index (χ2n) is 6.67. The molecule has 20 heavy (non-hydrogen) atoms. The number of ether oxygens (including phenoxy) is 2. The Morgan fingerprint density at radius 3 is 2.85 bits per heavy atom. The third-order valence-corrected chi connectivity index (χ3v) is 5.56. The van der Waals surface area contributed by atoms with Gasteiger partial charge in [-0.15, -0.1) is 0 Å². The van der Waals surface area contributed by atoms with Crippen LogP contribution in [-0.4, -0.2) is 30.1 Å². The van der Waals surface area contributed by atoms with Gasteiger partial charge in [0.2, 0.25) is 5.79 Å². The smallest absolute Gasteiger partial charge is 0.336 e. The number of methoxy groups -OCH3 is 1. The van der Waals surface area contributed by atoms with Crippen LogP contribution in [0.2, 0.25) is 0 Å². The maximum absolute atomic E-state index is 11.9. The van der Waals surface area contributed by atoms with Crippen molar-refractivity contribution in [1.82, 2.24) is 0 Å². The molecule has 0 spiro atoms. The molecule has 0 bridgehead atoms. The lowest BCUT2D eigenvalue weighted by Gasteiger charge is -2.52. The van der Waals surface area contributed by atoms with Crippen LogP contribution in [0.4, 0.5) is 0 Å². The Balaban J connectivity index is 2.05. The highest BCUT2D eigenvalue weighted by atomic mass is 16.7. The Morgan fingerprint density at radius 1 is 1.50 bits per heavy atom. The molecule has 0 aromatic heterocycles. The van der Waals surface area contributed by atoms with E-state index in [0.717, 1.165) is 24.0 Å².